The first-order valence-corrected chi connectivity index (χ1v) is 11.3. The van der Waals surface area contributed by atoms with E-state index in [1.807, 2.05) is 12.1 Å². The van der Waals surface area contributed by atoms with Crippen molar-refractivity contribution in [1.29, 1.82) is 0 Å². The van der Waals surface area contributed by atoms with Crippen LogP contribution in [-0.4, -0.2) is 50.1 Å². The number of rotatable bonds is 9. The fraction of sp³-hybridized carbons (Fsp3) is 0.667. The number of nitrogens with zero attached hydrogens (tertiary/aromatic N) is 1. The Labute approximate surface area is 175 Å². The van der Waals surface area contributed by atoms with Gasteiger partial charge in [0.15, 0.2) is 0 Å². The molecule has 5 heteroatoms. The number of nitrogens with one attached hydrogen (secondary N) is 1. The summed E-state index contributed by atoms with van der Waals surface area (Å²) >= 11 is 0. The largest absolute Gasteiger partial charge is 0.383 e. The number of likely N-dealkylation sites (tertiary alicyclic amines) is 1. The molecule has 5 nitrogen and oxygen atoms in total. The van der Waals surface area contributed by atoms with Crippen LogP contribution in [0.3, 0.4) is 0 Å². The van der Waals surface area contributed by atoms with Crippen molar-refractivity contribution in [2.45, 2.75) is 57.8 Å². The van der Waals surface area contributed by atoms with Crippen LogP contribution in [0.15, 0.2) is 24.3 Å². The molecule has 1 aliphatic heterocycles. The minimum atomic E-state index is -0.0574. The Morgan fingerprint density at radius 3 is 2.38 bits per heavy atom. The van der Waals surface area contributed by atoms with Gasteiger partial charge in [0.1, 0.15) is 0 Å². The summed E-state index contributed by atoms with van der Waals surface area (Å²) in [5.74, 6) is 1.72. The van der Waals surface area contributed by atoms with Crippen LogP contribution in [0.2, 0.25) is 0 Å². The van der Waals surface area contributed by atoms with Gasteiger partial charge in [0.05, 0.1) is 6.61 Å². The van der Waals surface area contributed by atoms with Crippen molar-refractivity contribution in [2.75, 3.05) is 33.4 Å². The summed E-state index contributed by atoms with van der Waals surface area (Å²) in [6.45, 7) is 2.84. The summed E-state index contributed by atoms with van der Waals surface area (Å²) in [6, 6.07) is 7.92. The fourth-order valence-corrected chi connectivity index (χ4v) is 4.67. The Morgan fingerprint density at radius 1 is 1.03 bits per heavy atom. The number of benzene rings is 1. The number of piperidine rings is 1. The van der Waals surface area contributed by atoms with Gasteiger partial charge in [-0.2, -0.15) is 0 Å². The molecule has 2 aliphatic rings. The molecule has 0 unspecified atom stereocenters. The van der Waals surface area contributed by atoms with Crippen LogP contribution < -0.4 is 5.32 Å². The van der Waals surface area contributed by atoms with Crippen LogP contribution in [0.5, 0.6) is 0 Å². The molecule has 29 heavy (non-hydrogen) atoms. The topological polar surface area (TPSA) is 58.6 Å². The van der Waals surface area contributed by atoms with Gasteiger partial charge in [-0.1, -0.05) is 37.8 Å². The zero-order chi connectivity index (χ0) is 20.5. The highest BCUT2D eigenvalue weighted by Gasteiger charge is 2.24. The van der Waals surface area contributed by atoms with E-state index >= 15 is 0 Å². The third-order valence-corrected chi connectivity index (χ3v) is 6.54. The molecule has 1 aliphatic carbocycles. The molecule has 1 aromatic rings. The second-order valence-corrected chi connectivity index (χ2v) is 8.66. The highest BCUT2D eigenvalue weighted by molar-refractivity contribution is 5.94. The first-order chi connectivity index (χ1) is 14.2. The van der Waals surface area contributed by atoms with Crippen molar-refractivity contribution in [1.82, 2.24) is 10.2 Å². The van der Waals surface area contributed by atoms with Crippen molar-refractivity contribution < 1.29 is 14.3 Å². The van der Waals surface area contributed by atoms with E-state index in [1.54, 1.807) is 7.11 Å². The van der Waals surface area contributed by atoms with Crippen LogP contribution in [0.1, 0.15) is 67.3 Å². The van der Waals surface area contributed by atoms with Gasteiger partial charge < -0.3 is 15.0 Å². The second-order valence-electron chi connectivity index (χ2n) is 8.66. The van der Waals surface area contributed by atoms with E-state index in [-0.39, 0.29) is 5.91 Å². The van der Waals surface area contributed by atoms with Crippen molar-refractivity contribution in [2.24, 2.45) is 11.8 Å². The SMILES string of the molecule is COCCNC(=O)c1ccc(CC2CCN(C(=O)CCC3CCCC3)CC2)cc1. The maximum absolute atomic E-state index is 12.5. The lowest BCUT2D eigenvalue weighted by Crippen LogP contribution is -2.38. The number of hydrogen-bond acceptors (Lipinski definition) is 3. The van der Waals surface area contributed by atoms with Gasteiger partial charge in [-0.05, 0) is 55.2 Å². The normalized spacial score (nSPS) is 18.2. The van der Waals surface area contributed by atoms with E-state index in [2.05, 4.69) is 22.3 Å². The standard InChI is InChI=1S/C24H36N2O3/c1-29-17-14-25-24(28)22-9-6-20(7-10-22)18-21-12-15-26(16-13-21)23(27)11-8-19-4-2-3-5-19/h6-7,9-10,19,21H,2-5,8,11-18H2,1H3,(H,25,28). The second kappa shape index (κ2) is 11.3. The molecule has 0 spiro atoms. The van der Waals surface area contributed by atoms with Crippen molar-refractivity contribution in [3.8, 4) is 0 Å². The van der Waals surface area contributed by atoms with E-state index in [4.69, 9.17) is 4.74 Å². The minimum absolute atomic E-state index is 0.0574. The molecule has 3 rings (SSSR count). The molecule has 0 bridgehead atoms. The smallest absolute Gasteiger partial charge is 0.251 e. The summed E-state index contributed by atoms with van der Waals surface area (Å²) in [5.41, 5.74) is 1.96. The van der Waals surface area contributed by atoms with Crippen LogP contribution in [0.25, 0.3) is 0 Å². The Morgan fingerprint density at radius 2 is 1.72 bits per heavy atom. The lowest BCUT2D eigenvalue weighted by atomic mass is 9.89. The fourth-order valence-electron chi connectivity index (χ4n) is 4.67. The highest BCUT2D eigenvalue weighted by Crippen LogP contribution is 2.29. The Balaban J connectivity index is 1.37. The average molecular weight is 401 g/mol. The van der Waals surface area contributed by atoms with E-state index in [0.717, 1.165) is 51.1 Å². The first-order valence-electron chi connectivity index (χ1n) is 11.3. The third-order valence-electron chi connectivity index (χ3n) is 6.54. The molecular weight excluding hydrogens is 364 g/mol. The van der Waals surface area contributed by atoms with Gasteiger partial charge in [-0.25, -0.2) is 0 Å². The molecule has 1 N–H and O–H groups in total. The zero-order valence-electron chi connectivity index (χ0n) is 17.8. The molecule has 2 fully saturated rings. The maximum atomic E-state index is 12.5. The van der Waals surface area contributed by atoms with Gasteiger partial charge in [0, 0.05) is 38.7 Å². The van der Waals surface area contributed by atoms with Gasteiger partial charge in [-0.15, -0.1) is 0 Å². The molecule has 0 radical (unpaired) electrons. The zero-order valence-corrected chi connectivity index (χ0v) is 17.8. The minimum Gasteiger partial charge on any atom is -0.383 e. The van der Waals surface area contributed by atoms with Crippen LogP contribution in [-0.2, 0) is 16.0 Å². The summed E-state index contributed by atoms with van der Waals surface area (Å²) in [7, 11) is 1.62. The summed E-state index contributed by atoms with van der Waals surface area (Å²) in [5, 5.41) is 2.84. The molecule has 1 aromatic carbocycles. The Kier molecular flexibility index (Phi) is 8.53. The number of carbonyl (C=O) groups excluding carboxylic acids is 2. The molecule has 1 saturated heterocycles. The summed E-state index contributed by atoms with van der Waals surface area (Å²) in [6.07, 6.45) is 10.4. The lowest BCUT2D eigenvalue weighted by molar-refractivity contribution is -0.132. The lowest BCUT2D eigenvalue weighted by Gasteiger charge is -2.32. The number of carbonyl (C=O) groups is 2. The quantitative estimate of drug-likeness (QED) is 0.641. The molecule has 1 heterocycles. The Bertz CT molecular complexity index is 645. The van der Waals surface area contributed by atoms with Gasteiger partial charge in [-0.3, -0.25) is 9.59 Å². The van der Waals surface area contributed by atoms with E-state index in [9.17, 15) is 9.59 Å². The first kappa shape index (κ1) is 21.8. The van der Waals surface area contributed by atoms with Crippen molar-refractivity contribution in [3.63, 3.8) is 0 Å². The van der Waals surface area contributed by atoms with Crippen molar-refractivity contribution in [3.05, 3.63) is 35.4 Å². The average Bonchev–Trinajstić information content (AvgIpc) is 3.27. The molecule has 0 atom stereocenters. The number of amides is 2. The van der Waals surface area contributed by atoms with Crippen LogP contribution in [0, 0.1) is 11.8 Å². The van der Waals surface area contributed by atoms with Gasteiger partial charge in [0.2, 0.25) is 5.91 Å². The maximum Gasteiger partial charge on any atom is 0.251 e. The van der Waals surface area contributed by atoms with E-state index < -0.39 is 0 Å². The molecular formula is C24H36N2O3. The molecule has 160 valence electrons. The molecule has 0 aromatic heterocycles. The summed E-state index contributed by atoms with van der Waals surface area (Å²) in [4.78, 5) is 26.6. The predicted molar refractivity (Wildman–Crippen MR) is 115 cm³/mol. The Hall–Kier alpha value is -1.88. The van der Waals surface area contributed by atoms with E-state index in [1.165, 1.54) is 31.2 Å². The number of methoxy groups -OCH3 is 1. The molecule has 2 amide bonds. The predicted octanol–water partition coefficient (Wildman–Crippen LogP) is 3.81. The molecule has 1 saturated carbocycles. The third kappa shape index (κ3) is 6.84. The van der Waals surface area contributed by atoms with Crippen LogP contribution >= 0.6 is 0 Å². The van der Waals surface area contributed by atoms with Gasteiger partial charge in [0.25, 0.3) is 5.91 Å². The highest BCUT2D eigenvalue weighted by atomic mass is 16.5. The number of ether oxygens (including phenoxy) is 1. The van der Waals surface area contributed by atoms with Crippen molar-refractivity contribution >= 4 is 11.8 Å². The van der Waals surface area contributed by atoms with Crippen LogP contribution in [0.4, 0.5) is 0 Å². The monoisotopic (exact) mass is 400 g/mol. The summed E-state index contributed by atoms with van der Waals surface area (Å²) < 4.78 is 4.95. The van der Waals surface area contributed by atoms with Gasteiger partial charge >= 0.3 is 0 Å². The van der Waals surface area contributed by atoms with E-state index in [0.29, 0.717) is 30.5 Å². The number of hydrogen-bond donors (Lipinski definition) is 1.